The van der Waals surface area contributed by atoms with E-state index in [1.165, 1.54) is 0 Å². The molecular formula is C20H21ClN6O2. The fourth-order valence-corrected chi connectivity index (χ4v) is 4.18. The van der Waals surface area contributed by atoms with Crippen LogP contribution in [0.2, 0.25) is 5.28 Å². The lowest BCUT2D eigenvalue weighted by Crippen LogP contribution is -2.32. The van der Waals surface area contributed by atoms with Gasteiger partial charge in [-0.05, 0) is 43.4 Å². The van der Waals surface area contributed by atoms with Gasteiger partial charge in [-0.2, -0.15) is 0 Å². The Morgan fingerprint density at radius 3 is 2.76 bits per heavy atom. The Kier molecular flexibility index (Phi) is 4.81. The molecule has 2 aromatic heterocycles. The normalized spacial score (nSPS) is 21.1. The summed E-state index contributed by atoms with van der Waals surface area (Å²) in [5.74, 6) is 1.49. The first-order valence-electron chi connectivity index (χ1n) is 9.72. The van der Waals surface area contributed by atoms with Crippen LogP contribution in [0, 0.1) is 0 Å². The van der Waals surface area contributed by atoms with E-state index in [-0.39, 0.29) is 11.4 Å². The van der Waals surface area contributed by atoms with Crippen LogP contribution in [0.3, 0.4) is 0 Å². The fourth-order valence-electron chi connectivity index (χ4n) is 3.99. The van der Waals surface area contributed by atoms with Gasteiger partial charge in [0.1, 0.15) is 17.1 Å². The summed E-state index contributed by atoms with van der Waals surface area (Å²) in [7, 11) is 0. The lowest BCUT2D eigenvalue weighted by molar-refractivity contribution is 0.133. The highest BCUT2D eigenvalue weighted by Gasteiger charge is 2.26. The van der Waals surface area contributed by atoms with E-state index < -0.39 is 0 Å². The van der Waals surface area contributed by atoms with Gasteiger partial charge in [0.2, 0.25) is 5.28 Å². The van der Waals surface area contributed by atoms with Gasteiger partial charge >= 0.3 is 0 Å². The van der Waals surface area contributed by atoms with E-state index in [0.29, 0.717) is 30.7 Å². The Morgan fingerprint density at radius 1 is 1.07 bits per heavy atom. The van der Waals surface area contributed by atoms with Crippen LogP contribution >= 0.6 is 11.6 Å². The van der Waals surface area contributed by atoms with Crippen molar-refractivity contribution in [3.05, 3.63) is 41.1 Å². The molecule has 0 bridgehead atoms. The zero-order valence-corrected chi connectivity index (χ0v) is 16.5. The molecule has 0 unspecified atom stereocenters. The van der Waals surface area contributed by atoms with Crippen molar-refractivity contribution in [1.29, 1.82) is 0 Å². The number of nitrogens with one attached hydrogen (secondary N) is 1. The SMILES string of the molecule is Nc1cc(OC2CCC(Nc3nc(Cl)nc4c3COC4)CC2)c2nccnc2c1. The van der Waals surface area contributed by atoms with E-state index >= 15 is 0 Å². The Bertz CT molecular complexity index is 1050. The molecule has 5 rings (SSSR count). The summed E-state index contributed by atoms with van der Waals surface area (Å²) in [6.45, 7) is 1.01. The molecule has 1 aliphatic carbocycles. The number of nitrogens with zero attached hydrogens (tertiary/aromatic N) is 4. The molecule has 29 heavy (non-hydrogen) atoms. The number of aromatic nitrogens is 4. The number of nitrogens with two attached hydrogens (primary N) is 1. The van der Waals surface area contributed by atoms with Crippen LogP contribution < -0.4 is 15.8 Å². The third-order valence-corrected chi connectivity index (χ3v) is 5.59. The van der Waals surface area contributed by atoms with Crippen LogP contribution in [0.15, 0.2) is 24.5 Å². The van der Waals surface area contributed by atoms with E-state index in [4.69, 9.17) is 26.8 Å². The summed E-state index contributed by atoms with van der Waals surface area (Å²) in [5.41, 5.74) is 10.0. The topological polar surface area (TPSA) is 108 Å². The molecule has 0 amide bonds. The second-order valence-electron chi connectivity index (χ2n) is 7.44. The van der Waals surface area contributed by atoms with E-state index in [9.17, 15) is 0 Å². The van der Waals surface area contributed by atoms with Gasteiger partial charge in [-0.3, -0.25) is 4.98 Å². The van der Waals surface area contributed by atoms with E-state index in [1.807, 2.05) is 12.1 Å². The number of rotatable bonds is 4. The van der Waals surface area contributed by atoms with Gasteiger partial charge in [-0.1, -0.05) is 0 Å². The highest BCUT2D eigenvalue weighted by atomic mass is 35.5. The van der Waals surface area contributed by atoms with Crippen molar-refractivity contribution in [2.75, 3.05) is 11.1 Å². The Hall–Kier alpha value is -2.71. The number of anilines is 2. The number of hydrogen-bond acceptors (Lipinski definition) is 8. The Balaban J connectivity index is 1.25. The molecule has 0 atom stereocenters. The first-order valence-corrected chi connectivity index (χ1v) is 10.1. The number of ether oxygens (including phenoxy) is 2. The average molecular weight is 413 g/mol. The second-order valence-corrected chi connectivity index (χ2v) is 7.78. The van der Waals surface area contributed by atoms with Crippen molar-refractivity contribution >= 4 is 34.1 Å². The number of nitrogen functional groups attached to an aromatic ring is 1. The minimum Gasteiger partial charge on any atom is -0.488 e. The molecule has 3 aromatic rings. The maximum absolute atomic E-state index is 6.26. The monoisotopic (exact) mass is 412 g/mol. The Labute approximate surface area is 172 Å². The van der Waals surface area contributed by atoms with Crippen molar-refractivity contribution < 1.29 is 9.47 Å². The van der Waals surface area contributed by atoms with Gasteiger partial charge in [-0.15, -0.1) is 0 Å². The molecule has 1 aliphatic heterocycles. The standard InChI is InChI=1S/C20H21ClN6O2/c21-20-26-16-10-28-9-14(16)19(27-20)25-12-1-3-13(4-2-12)29-17-8-11(22)7-15-18(17)24-6-5-23-15/h5-8,12-13H,1-4,9-10,22H2,(H,25,26,27). The van der Waals surface area contributed by atoms with Crippen molar-refractivity contribution in [3.63, 3.8) is 0 Å². The van der Waals surface area contributed by atoms with Gasteiger partial charge in [0.15, 0.2) is 0 Å². The summed E-state index contributed by atoms with van der Waals surface area (Å²) in [5, 5.41) is 3.78. The molecule has 1 saturated carbocycles. The molecule has 2 aliphatic rings. The van der Waals surface area contributed by atoms with Crippen LogP contribution in [0.1, 0.15) is 36.9 Å². The van der Waals surface area contributed by atoms with Crippen molar-refractivity contribution in [2.24, 2.45) is 0 Å². The van der Waals surface area contributed by atoms with Crippen molar-refractivity contribution in [3.8, 4) is 5.75 Å². The minimum atomic E-state index is 0.114. The Morgan fingerprint density at radius 2 is 1.90 bits per heavy atom. The van der Waals surface area contributed by atoms with Gasteiger partial charge in [0.05, 0.1) is 30.5 Å². The smallest absolute Gasteiger partial charge is 0.224 e. The zero-order chi connectivity index (χ0) is 19.8. The van der Waals surface area contributed by atoms with Crippen molar-refractivity contribution in [2.45, 2.75) is 51.0 Å². The summed E-state index contributed by atoms with van der Waals surface area (Å²) < 4.78 is 11.7. The average Bonchev–Trinajstić information content (AvgIpc) is 3.18. The second kappa shape index (κ2) is 7.61. The molecule has 0 saturated heterocycles. The number of hydrogen-bond donors (Lipinski definition) is 2. The van der Waals surface area contributed by atoms with Crippen LogP contribution in [-0.4, -0.2) is 32.1 Å². The van der Waals surface area contributed by atoms with Crippen LogP contribution in [0.25, 0.3) is 11.0 Å². The molecule has 1 fully saturated rings. The molecule has 3 N–H and O–H groups in total. The number of halogens is 1. The third kappa shape index (κ3) is 3.77. The zero-order valence-electron chi connectivity index (χ0n) is 15.8. The number of benzene rings is 1. The first kappa shape index (κ1) is 18.3. The van der Waals surface area contributed by atoms with E-state index in [1.54, 1.807) is 12.4 Å². The number of fused-ring (bicyclic) bond motifs is 2. The van der Waals surface area contributed by atoms with E-state index in [0.717, 1.165) is 53.8 Å². The highest BCUT2D eigenvalue weighted by Crippen LogP contribution is 2.32. The summed E-state index contributed by atoms with van der Waals surface area (Å²) >= 11 is 6.06. The van der Waals surface area contributed by atoms with Crippen molar-refractivity contribution in [1.82, 2.24) is 19.9 Å². The summed E-state index contributed by atoms with van der Waals surface area (Å²) in [6, 6.07) is 3.95. The minimum absolute atomic E-state index is 0.114. The summed E-state index contributed by atoms with van der Waals surface area (Å²) in [4.78, 5) is 17.3. The first-order chi connectivity index (χ1) is 14.2. The summed E-state index contributed by atoms with van der Waals surface area (Å²) in [6.07, 6.45) is 7.22. The molecule has 0 radical (unpaired) electrons. The highest BCUT2D eigenvalue weighted by molar-refractivity contribution is 6.28. The molecule has 0 spiro atoms. The maximum Gasteiger partial charge on any atom is 0.224 e. The molecular weight excluding hydrogens is 392 g/mol. The molecule has 150 valence electrons. The molecule has 9 heteroatoms. The largest absolute Gasteiger partial charge is 0.488 e. The van der Waals surface area contributed by atoms with Gasteiger partial charge in [-0.25, -0.2) is 15.0 Å². The third-order valence-electron chi connectivity index (χ3n) is 5.42. The lowest BCUT2D eigenvalue weighted by Gasteiger charge is -2.30. The fraction of sp³-hybridized carbons (Fsp3) is 0.400. The lowest BCUT2D eigenvalue weighted by atomic mass is 9.92. The van der Waals surface area contributed by atoms with Gasteiger partial charge in [0, 0.05) is 35.8 Å². The van der Waals surface area contributed by atoms with Gasteiger partial charge in [0.25, 0.3) is 0 Å². The van der Waals surface area contributed by atoms with Crippen LogP contribution in [0.5, 0.6) is 5.75 Å². The molecule has 1 aromatic carbocycles. The van der Waals surface area contributed by atoms with Crippen LogP contribution in [-0.2, 0) is 18.0 Å². The predicted octanol–water partition coefficient (Wildman–Crippen LogP) is 3.49. The van der Waals surface area contributed by atoms with Gasteiger partial charge < -0.3 is 20.5 Å². The maximum atomic E-state index is 6.26. The van der Waals surface area contributed by atoms with Crippen LogP contribution in [0.4, 0.5) is 11.5 Å². The molecule has 3 heterocycles. The molecule has 8 nitrogen and oxygen atoms in total. The predicted molar refractivity (Wildman–Crippen MR) is 110 cm³/mol. The quantitative estimate of drug-likeness (QED) is 0.495. The van der Waals surface area contributed by atoms with E-state index in [2.05, 4.69) is 25.3 Å².